The molecular weight excluding hydrogens is 224 g/mol. The lowest BCUT2D eigenvalue weighted by Crippen LogP contribution is -2.57. The first-order chi connectivity index (χ1) is 8.65. The van der Waals surface area contributed by atoms with Crippen LogP contribution in [0, 0.1) is 6.92 Å². The van der Waals surface area contributed by atoms with Gasteiger partial charge in [0.25, 0.3) is 0 Å². The molecule has 0 bridgehead atoms. The van der Waals surface area contributed by atoms with E-state index in [1.807, 2.05) is 0 Å². The van der Waals surface area contributed by atoms with Crippen LogP contribution < -0.4 is 10.6 Å². The van der Waals surface area contributed by atoms with Crippen molar-refractivity contribution in [2.24, 2.45) is 5.73 Å². The maximum Gasteiger partial charge on any atom is 0.0753 e. The van der Waals surface area contributed by atoms with Crippen LogP contribution >= 0.6 is 0 Å². The van der Waals surface area contributed by atoms with Crippen molar-refractivity contribution in [3.8, 4) is 0 Å². The number of methoxy groups -OCH3 is 1. The quantitative estimate of drug-likeness (QED) is 0.808. The van der Waals surface area contributed by atoms with Gasteiger partial charge < -0.3 is 15.4 Å². The first-order valence-corrected chi connectivity index (χ1v) is 6.67. The van der Waals surface area contributed by atoms with E-state index in [1.165, 1.54) is 11.3 Å². The van der Waals surface area contributed by atoms with Crippen molar-refractivity contribution in [2.45, 2.75) is 32.7 Å². The SMILES string of the molecule is CCN(c1ccccc1C)C(CC)(CN)COC. The minimum absolute atomic E-state index is 0.115. The predicted octanol–water partition coefficient (Wildman–Crippen LogP) is 2.58. The lowest BCUT2D eigenvalue weighted by molar-refractivity contribution is 0.127. The predicted molar refractivity (Wildman–Crippen MR) is 78.2 cm³/mol. The second-order valence-electron chi connectivity index (χ2n) is 4.75. The molecule has 3 nitrogen and oxygen atoms in total. The summed E-state index contributed by atoms with van der Waals surface area (Å²) >= 11 is 0. The average Bonchev–Trinajstić information content (AvgIpc) is 2.40. The average molecular weight is 250 g/mol. The van der Waals surface area contributed by atoms with E-state index in [1.54, 1.807) is 7.11 Å². The molecule has 1 unspecified atom stereocenters. The monoisotopic (exact) mass is 250 g/mol. The molecule has 1 aromatic carbocycles. The van der Waals surface area contributed by atoms with Crippen molar-refractivity contribution in [1.82, 2.24) is 0 Å². The molecule has 18 heavy (non-hydrogen) atoms. The van der Waals surface area contributed by atoms with Gasteiger partial charge in [0.05, 0.1) is 12.1 Å². The first kappa shape index (κ1) is 15.0. The second-order valence-corrected chi connectivity index (χ2v) is 4.75. The molecule has 0 fully saturated rings. The fourth-order valence-corrected chi connectivity index (χ4v) is 2.58. The van der Waals surface area contributed by atoms with Crippen LogP contribution in [0.15, 0.2) is 24.3 Å². The molecule has 102 valence electrons. The van der Waals surface area contributed by atoms with Gasteiger partial charge in [0, 0.05) is 25.9 Å². The van der Waals surface area contributed by atoms with Crippen LogP contribution in [0.5, 0.6) is 0 Å². The Kier molecular flexibility index (Phi) is 5.63. The topological polar surface area (TPSA) is 38.5 Å². The Balaban J connectivity index is 3.17. The van der Waals surface area contributed by atoms with Gasteiger partial charge in [-0.1, -0.05) is 25.1 Å². The van der Waals surface area contributed by atoms with Crippen LogP contribution in [-0.2, 0) is 4.74 Å². The van der Waals surface area contributed by atoms with Crippen molar-refractivity contribution in [2.75, 3.05) is 31.7 Å². The smallest absolute Gasteiger partial charge is 0.0753 e. The third-order valence-electron chi connectivity index (χ3n) is 3.75. The zero-order valence-electron chi connectivity index (χ0n) is 12.1. The molecule has 1 rings (SSSR count). The molecule has 2 N–H and O–H groups in total. The van der Waals surface area contributed by atoms with Gasteiger partial charge in [0.1, 0.15) is 0 Å². The highest BCUT2D eigenvalue weighted by Crippen LogP contribution is 2.29. The number of rotatable bonds is 7. The van der Waals surface area contributed by atoms with Crippen LogP contribution in [0.25, 0.3) is 0 Å². The number of nitrogens with two attached hydrogens (primary N) is 1. The molecule has 0 radical (unpaired) electrons. The van der Waals surface area contributed by atoms with E-state index in [4.69, 9.17) is 10.5 Å². The van der Waals surface area contributed by atoms with Gasteiger partial charge in [0.2, 0.25) is 0 Å². The molecule has 0 saturated heterocycles. The third kappa shape index (κ3) is 2.85. The molecule has 0 aromatic heterocycles. The number of aryl methyl sites for hydroxylation is 1. The van der Waals surface area contributed by atoms with E-state index in [0.29, 0.717) is 13.2 Å². The minimum Gasteiger partial charge on any atom is -0.382 e. The third-order valence-corrected chi connectivity index (χ3v) is 3.75. The van der Waals surface area contributed by atoms with Gasteiger partial charge in [-0.2, -0.15) is 0 Å². The fraction of sp³-hybridized carbons (Fsp3) is 0.600. The van der Waals surface area contributed by atoms with Gasteiger partial charge in [-0.25, -0.2) is 0 Å². The van der Waals surface area contributed by atoms with Crippen LogP contribution in [-0.4, -0.2) is 32.3 Å². The molecule has 0 saturated carbocycles. The molecule has 1 atom stereocenters. The zero-order valence-corrected chi connectivity index (χ0v) is 12.1. The summed E-state index contributed by atoms with van der Waals surface area (Å²) in [5.74, 6) is 0. The van der Waals surface area contributed by atoms with Gasteiger partial charge in [0.15, 0.2) is 0 Å². The van der Waals surface area contributed by atoms with E-state index < -0.39 is 0 Å². The second kappa shape index (κ2) is 6.76. The Bertz CT molecular complexity index is 361. The van der Waals surface area contributed by atoms with E-state index in [9.17, 15) is 0 Å². The molecule has 3 heteroatoms. The van der Waals surface area contributed by atoms with Gasteiger partial charge >= 0.3 is 0 Å². The molecule has 1 aromatic rings. The number of nitrogens with zero attached hydrogens (tertiary/aromatic N) is 1. The van der Waals surface area contributed by atoms with Crippen molar-refractivity contribution in [3.63, 3.8) is 0 Å². The van der Waals surface area contributed by atoms with Gasteiger partial charge in [-0.15, -0.1) is 0 Å². The zero-order chi connectivity index (χ0) is 13.6. The molecule has 0 amide bonds. The number of anilines is 1. The van der Waals surface area contributed by atoms with Gasteiger partial charge in [-0.3, -0.25) is 0 Å². The van der Waals surface area contributed by atoms with Crippen LogP contribution in [0.4, 0.5) is 5.69 Å². The maximum absolute atomic E-state index is 6.05. The van der Waals surface area contributed by atoms with Crippen molar-refractivity contribution < 1.29 is 4.74 Å². The lowest BCUT2D eigenvalue weighted by atomic mass is 9.93. The Hall–Kier alpha value is -1.06. The highest BCUT2D eigenvalue weighted by molar-refractivity contribution is 5.55. The maximum atomic E-state index is 6.05. The number of hydrogen-bond acceptors (Lipinski definition) is 3. The number of benzene rings is 1. The fourth-order valence-electron chi connectivity index (χ4n) is 2.58. The summed E-state index contributed by atoms with van der Waals surface area (Å²) in [7, 11) is 1.74. The highest BCUT2D eigenvalue weighted by Gasteiger charge is 2.33. The summed E-state index contributed by atoms with van der Waals surface area (Å²) in [5.41, 5.74) is 8.46. The summed E-state index contributed by atoms with van der Waals surface area (Å²) < 4.78 is 5.41. The van der Waals surface area contributed by atoms with E-state index >= 15 is 0 Å². The van der Waals surface area contributed by atoms with Crippen molar-refractivity contribution >= 4 is 5.69 Å². The first-order valence-electron chi connectivity index (χ1n) is 6.67. The largest absolute Gasteiger partial charge is 0.382 e. The lowest BCUT2D eigenvalue weighted by Gasteiger charge is -2.44. The summed E-state index contributed by atoms with van der Waals surface area (Å²) in [6.07, 6.45) is 0.972. The summed E-state index contributed by atoms with van der Waals surface area (Å²) in [5, 5.41) is 0. The Labute approximate surface area is 111 Å². The number of likely N-dealkylation sites (N-methyl/N-ethyl adjacent to an activating group) is 1. The molecule has 0 heterocycles. The molecule has 0 aliphatic heterocycles. The highest BCUT2D eigenvalue weighted by atomic mass is 16.5. The number of para-hydroxylation sites is 1. The molecule has 0 aliphatic carbocycles. The van der Waals surface area contributed by atoms with E-state index in [2.05, 4.69) is 49.9 Å². The minimum atomic E-state index is -0.115. The van der Waals surface area contributed by atoms with Crippen molar-refractivity contribution in [1.29, 1.82) is 0 Å². The Morgan fingerprint density at radius 2 is 1.94 bits per heavy atom. The molecular formula is C15H26N2O. The summed E-state index contributed by atoms with van der Waals surface area (Å²) in [6.45, 7) is 8.66. The summed E-state index contributed by atoms with van der Waals surface area (Å²) in [4.78, 5) is 2.38. The summed E-state index contributed by atoms with van der Waals surface area (Å²) in [6, 6.07) is 8.45. The Morgan fingerprint density at radius 3 is 2.39 bits per heavy atom. The van der Waals surface area contributed by atoms with E-state index in [0.717, 1.165) is 13.0 Å². The normalized spacial score (nSPS) is 14.3. The number of ether oxygens (including phenoxy) is 1. The van der Waals surface area contributed by atoms with Crippen molar-refractivity contribution in [3.05, 3.63) is 29.8 Å². The van der Waals surface area contributed by atoms with Crippen LogP contribution in [0.2, 0.25) is 0 Å². The molecule has 0 spiro atoms. The standard InChI is InChI=1S/C15H26N2O/c1-5-15(11-16,12-18-4)17(6-2)14-10-8-7-9-13(14)3/h7-10H,5-6,11-12,16H2,1-4H3. The van der Waals surface area contributed by atoms with Crippen LogP contribution in [0.3, 0.4) is 0 Å². The Morgan fingerprint density at radius 1 is 1.28 bits per heavy atom. The van der Waals surface area contributed by atoms with Crippen LogP contribution in [0.1, 0.15) is 25.8 Å². The molecule has 0 aliphatic rings. The van der Waals surface area contributed by atoms with Gasteiger partial charge in [-0.05, 0) is 31.9 Å². The van der Waals surface area contributed by atoms with E-state index in [-0.39, 0.29) is 5.54 Å². The number of hydrogen-bond donors (Lipinski definition) is 1.